The lowest BCUT2D eigenvalue weighted by Crippen LogP contribution is -2.30. The van der Waals surface area contributed by atoms with Crippen LogP contribution in [0.15, 0.2) is 48.5 Å². The first-order valence-electron chi connectivity index (χ1n) is 6.59. The maximum absolute atomic E-state index is 13.3. The quantitative estimate of drug-likeness (QED) is 0.906. The summed E-state index contributed by atoms with van der Waals surface area (Å²) in [6.07, 6.45) is -2.49. The van der Waals surface area contributed by atoms with Gasteiger partial charge in [0.05, 0.1) is 6.04 Å². The fraction of sp³-hybridized carbons (Fsp3) is 0.250. The normalized spacial score (nSPS) is 12.5. The summed E-state index contributed by atoms with van der Waals surface area (Å²) in [7, 11) is 1.80. The molecule has 0 saturated carbocycles. The molecule has 0 radical (unpaired) electrons. The zero-order valence-electron chi connectivity index (χ0n) is 11.6. The van der Waals surface area contributed by atoms with E-state index in [9.17, 15) is 13.2 Å². The molecule has 0 aliphatic rings. The molecule has 2 nitrogen and oxygen atoms in total. The Morgan fingerprint density at radius 3 is 2.19 bits per heavy atom. The van der Waals surface area contributed by atoms with Gasteiger partial charge in [-0.25, -0.2) is 13.2 Å². The summed E-state index contributed by atoms with van der Waals surface area (Å²) in [6, 6.07) is 12.0. The van der Waals surface area contributed by atoms with Crippen molar-refractivity contribution < 1.29 is 13.2 Å². The number of nitrogens with two attached hydrogens (primary N) is 1. The topological polar surface area (TPSA) is 29.3 Å². The molecule has 2 rings (SSSR count). The largest absolute Gasteiger partial charge is 0.366 e. The van der Waals surface area contributed by atoms with E-state index >= 15 is 0 Å². The van der Waals surface area contributed by atoms with Gasteiger partial charge in [-0.1, -0.05) is 30.3 Å². The van der Waals surface area contributed by atoms with E-state index < -0.39 is 6.43 Å². The molecule has 2 N–H and O–H groups in total. The van der Waals surface area contributed by atoms with Crippen LogP contribution in [-0.2, 0) is 0 Å². The van der Waals surface area contributed by atoms with Gasteiger partial charge in [-0.2, -0.15) is 0 Å². The molecule has 0 heterocycles. The van der Waals surface area contributed by atoms with Gasteiger partial charge < -0.3 is 10.6 Å². The lowest BCUT2D eigenvalue weighted by molar-refractivity contribution is 0.151. The Hall–Kier alpha value is -2.01. The molecule has 112 valence electrons. The van der Waals surface area contributed by atoms with E-state index in [2.05, 4.69) is 0 Å². The second-order valence-corrected chi connectivity index (χ2v) is 4.81. The van der Waals surface area contributed by atoms with Crippen molar-refractivity contribution in [1.82, 2.24) is 0 Å². The first kappa shape index (κ1) is 15.4. The van der Waals surface area contributed by atoms with Gasteiger partial charge in [0.2, 0.25) is 0 Å². The molecule has 0 aromatic heterocycles. The lowest BCUT2D eigenvalue weighted by atomic mass is 10.0. The predicted molar refractivity (Wildman–Crippen MR) is 78.0 cm³/mol. The number of hydrogen-bond donors (Lipinski definition) is 1. The number of benzene rings is 2. The molecular formula is C16H17F3N2. The number of anilines is 1. The predicted octanol–water partition coefficient (Wildman–Crippen LogP) is 3.90. The minimum Gasteiger partial charge on any atom is -0.366 e. The number of halogens is 3. The Kier molecular flexibility index (Phi) is 4.85. The number of nitrogens with zero attached hydrogens (tertiary/aromatic N) is 1. The third-order valence-corrected chi connectivity index (χ3v) is 3.48. The van der Waals surface area contributed by atoms with Gasteiger partial charge in [-0.05, 0) is 23.8 Å². The van der Waals surface area contributed by atoms with Crippen molar-refractivity contribution in [2.24, 2.45) is 5.73 Å². The van der Waals surface area contributed by atoms with E-state index in [0.717, 1.165) is 5.56 Å². The summed E-state index contributed by atoms with van der Waals surface area (Å²) >= 11 is 0. The van der Waals surface area contributed by atoms with Crippen LogP contribution in [0, 0.1) is 5.82 Å². The van der Waals surface area contributed by atoms with Crippen LogP contribution in [0.2, 0.25) is 0 Å². The second kappa shape index (κ2) is 6.63. The van der Waals surface area contributed by atoms with E-state index in [1.807, 2.05) is 4.90 Å². The molecule has 0 amide bonds. The van der Waals surface area contributed by atoms with E-state index in [1.165, 1.54) is 24.3 Å². The van der Waals surface area contributed by atoms with Crippen molar-refractivity contribution in [2.45, 2.75) is 12.5 Å². The Labute approximate surface area is 122 Å². The number of rotatable bonds is 5. The zero-order valence-corrected chi connectivity index (χ0v) is 11.6. The van der Waals surface area contributed by atoms with Gasteiger partial charge in [0.15, 0.2) is 0 Å². The molecule has 0 fully saturated rings. The number of hydrogen-bond acceptors (Lipinski definition) is 2. The summed E-state index contributed by atoms with van der Waals surface area (Å²) in [5.74, 6) is -0.330. The number of likely N-dealkylation sites (N-methyl/N-ethyl adjacent to an activating group) is 1. The molecule has 0 aliphatic heterocycles. The first-order chi connectivity index (χ1) is 10.0. The smallest absolute Gasteiger partial charge is 0.263 e. The Morgan fingerprint density at radius 1 is 1.05 bits per heavy atom. The molecule has 2 aromatic rings. The maximum atomic E-state index is 13.3. The SMILES string of the molecule is CN(c1cccc(F)c1)C(CN)c1ccc(C(F)F)cc1. The molecular weight excluding hydrogens is 277 g/mol. The van der Waals surface area contributed by atoms with Crippen LogP contribution in [0.5, 0.6) is 0 Å². The molecule has 0 bridgehead atoms. The maximum Gasteiger partial charge on any atom is 0.263 e. The van der Waals surface area contributed by atoms with Crippen LogP contribution >= 0.6 is 0 Å². The van der Waals surface area contributed by atoms with Crippen molar-refractivity contribution in [3.05, 3.63) is 65.5 Å². The van der Waals surface area contributed by atoms with Gasteiger partial charge in [0.25, 0.3) is 6.43 Å². The Bertz CT molecular complexity index is 584. The minimum absolute atomic E-state index is 0.0251. The second-order valence-electron chi connectivity index (χ2n) is 4.81. The van der Waals surface area contributed by atoms with Crippen molar-refractivity contribution in [3.8, 4) is 0 Å². The van der Waals surface area contributed by atoms with Gasteiger partial charge in [-0.3, -0.25) is 0 Å². The molecule has 0 spiro atoms. The monoisotopic (exact) mass is 294 g/mol. The highest BCUT2D eigenvalue weighted by Crippen LogP contribution is 2.27. The molecule has 0 aliphatic carbocycles. The fourth-order valence-electron chi connectivity index (χ4n) is 2.26. The van der Waals surface area contributed by atoms with Crippen LogP contribution in [0.25, 0.3) is 0 Å². The first-order valence-corrected chi connectivity index (χ1v) is 6.59. The minimum atomic E-state index is -2.49. The summed E-state index contributed by atoms with van der Waals surface area (Å²) in [4.78, 5) is 1.83. The van der Waals surface area contributed by atoms with Crippen LogP contribution in [-0.4, -0.2) is 13.6 Å². The van der Waals surface area contributed by atoms with E-state index in [-0.39, 0.29) is 17.4 Å². The van der Waals surface area contributed by atoms with Crippen molar-refractivity contribution in [1.29, 1.82) is 0 Å². The van der Waals surface area contributed by atoms with Crippen LogP contribution in [0.3, 0.4) is 0 Å². The summed E-state index contributed by atoms with van der Waals surface area (Å²) < 4.78 is 38.4. The summed E-state index contributed by atoms with van der Waals surface area (Å²) in [6.45, 7) is 0.293. The molecule has 5 heteroatoms. The van der Waals surface area contributed by atoms with E-state index in [4.69, 9.17) is 5.73 Å². The van der Waals surface area contributed by atoms with Crippen molar-refractivity contribution in [2.75, 3.05) is 18.5 Å². The summed E-state index contributed by atoms with van der Waals surface area (Å²) in [5.41, 5.74) is 7.27. The van der Waals surface area contributed by atoms with Crippen molar-refractivity contribution in [3.63, 3.8) is 0 Å². The van der Waals surface area contributed by atoms with Crippen molar-refractivity contribution >= 4 is 5.69 Å². The highest BCUT2D eigenvalue weighted by molar-refractivity contribution is 5.48. The molecule has 0 saturated heterocycles. The van der Waals surface area contributed by atoms with E-state index in [1.54, 1.807) is 31.3 Å². The van der Waals surface area contributed by atoms with Gasteiger partial charge in [0, 0.05) is 24.8 Å². The summed E-state index contributed by atoms with van der Waals surface area (Å²) in [5, 5.41) is 0. The zero-order chi connectivity index (χ0) is 15.4. The molecule has 21 heavy (non-hydrogen) atoms. The van der Waals surface area contributed by atoms with Gasteiger partial charge >= 0.3 is 0 Å². The average Bonchev–Trinajstić information content (AvgIpc) is 2.48. The van der Waals surface area contributed by atoms with Crippen LogP contribution in [0.1, 0.15) is 23.6 Å². The van der Waals surface area contributed by atoms with Gasteiger partial charge in [-0.15, -0.1) is 0 Å². The average molecular weight is 294 g/mol. The third kappa shape index (κ3) is 3.55. The molecule has 1 unspecified atom stereocenters. The molecule has 1 atom stereocenters. The lowest BCUT2D eigenvalue weighted by Gasteiger charge is -2.29. The van der Waals surface area contributed by atoms with Crippen LogP contribution < -0.4 is 10.6 Å². The number of alkyl halides is 2. The third-order valence-electron chi connectivity index (χ3n) is 3.48. The Balaban J connectivity index is 2.26. The van der Waals surface area contributed by atoms with Gasteiger partial charge in [0.1, 0.15) is 5.82 Å². The standard InChI is InChI=1S/C16H17F3N2/c1-21(14-4-2-3-13(17)9-14)15(10-20)11-5-7-12(8-6-11)16(18)19/h2-9,15-16H,10,20H2,1H3. The highest BCUT2D eigenvalue weighted by Gasteiger charge is 2.17. The molecule has 2 aromatic carbocycles. The highest BCUT2D eigenvalue weighted by atomic mass is 19.3. The van der Waals surface area contributed by atoms with Crippen LogP contribution in [0.4, 0.5) is 18.9 Å². The van der Waals surface area contributed by atoms with E-state index in [0.29, 0.717) is 12.2 Å². The Morgan fingerprint density at radius 2 is 1.67 bits per heavy atom. The fourth-order valence-corrected chi connectivity index (χ4v) is 2.26.